The fourth-order valence-corrected chi connectivity index (χ4v) is 1.95. The minimum absolute atomic E-state index is 0.0157. The number of aryl methyl sites for hydroxylation is 1. The number of anilines is 1. The largest absolute Gasteiger partial charge is 0.479 e. The second-order valence-corrected chi connectivity index (χ2v) is 4.94. The predicted molar refractivity (Wildman–Crippen MR) is 78.6 cm³/mol. The summed E-state index contributed by atoms with van der Waals surface area (Å²) in [5, 5.41) is 11.2. The summed E-state index contributed by atoms with van der Waals surface area (Å²) in [5.41, 5.74) is 5.98. The van der Waals surface area contributed by atoms with Gasteiger partial charge in [-0.3, -0.25) is 10.1 Å². The van der Waals surface area contributed by atoms with Gasteiger partial charge in [-0.25, -0.2) is 9.97 Å². The number of nitrogen functional groups attached to an aromatic ring is 1. The number of rotatable bonds is 4. The lowest BCUT2D eigenvalue weighted by Gasteiger charge is -2.08. The number of nitro groups is 1. The minimum atomic E-state index is -0.608. The van der Waals surface area contributed by atoms with Crippen LogP contribution in [0.5, 0.6) is 5.75 Å². The Kier molecular flexibility index (Phi) is 4.44. The fraction of sp³-hybridized carbons (Fsp3) is 0.167. The molecule has 0 atom stereocenters. The number of nitrogens with zero attached hydrogens (tertiary/aromatic N) is 3. The van der Waals surface area contributed by atoms with E-state index >= 15 is 0 Å². The van der Waals surface area contributed by atoms with E-state index in [2.05, 4.69) is 9.97 Å². The third-order valence-corrected chi connectivity index (χ3v) is 3.20. The summed E-state index contributed by atoms with van der Waals surface area (Å²) < 4.78 is 5.37. The molecule has 21 heavy (non-hydrogen) atoms. The summed E-state index contributed by atoms with van der Waals surface area (Å²) in [6, 6.07) is 4.01. The standard InChI is InChI=1S/C12H10Cl2N4O3/c1-6-2-11(15)17-12(16-6)5-21-10-4-8(14)7(13)3-9(10)18(19)20/h2-4H,5H2,1H3,(H2,15,16,17). The van der Waals surface area contributed by atoms with E-state index in [1.54, 1.807) is 13.0 Å². The van der Waals surface area contributed by atoms with Gasteiger partial charge in [0, 0.05) is 23.9 Å². The average Bonchev–Trinajstić information content (AvgIpc) is 2.38. The van der Waals surface area contributed by atoms with Gasteiger partial charge >= 0.3 is 5.69 Å². The van der Waals surface area contributed by atoms with Gasteiger partial charge in [0.15, 0.2) is 11.6 Å². The number of hydrogen-bond donors (Lipinski definition) is 1. The van der Waals surface area contributed by atoms with Crippen LogP contribution in [0.25, 0.3) is 0 Å². The van der Waals surface area contributed by atoms with Crippen molar-refractivity contribution in [1.82, 2.24) is 9.97 Å². The van der Waals surface area contributed by atoms with Gasteiger partial charge in [0.1, 0.15) is 12.4 Å². The molecule has 0 aliphatic rings. The molecule has 0 aliphatic carbocycles. The molecule has 0 bridgehead atoms. The van der Waals surface area contributed by atoms with Gasteiger partial charge in [-0.1, -0.05) is 23.2 Å². The van der Waals surface area contributed by atoms with Gasteiger partial charge in [-0.2, -0.15) is 0 Å². The van der Waals surface area contributed by atoms with Crippen molar-refractivity contribution in [2.75, 3.05) is 5.73 Å². The Labute approximate surface area is 129 Å². The predicted octanol–water partition coefficient (Wildman–Crippen LogP) is 3.16. The Bertz CT molecular complexity index is 689. The molecule has 1 aromatic heterocycles. The maximum Gasteiger partial charge on any atom is 0.312 e. The second-order valence-electron chi connectivity index (χ2n) is 4.13. The molecule has 2 N–H and O–H groups in total. The van der Waals surface area contributed by atoms with Crippen LogP contribution >= 0.6 is 23.2 Å². The zero-order chi connectivity index (χ0) is 15.6. The van der Waals surface area contributed by atoms with Crippen molar-refractivity contribution in [3.63, 3.8) is 0 Å². The van der Waals surface area contributed by atoms with Crippen LogP contribution in [-0.4, -0.2) is 14.9 Å². The van der Waals surface area contributed by atoms with Crippen molar-refractivity contribution in [1.29, 1.82) is 0 Å². The number of benzene rings is 1. The zero-order valence-corrected chi connectivity index (χ0v) is 12.4. The molecule has 0 unspecified atom stereocenters. The maximum atomic E-state index is 11.0. The lowest BCUT2D eigenvalue weighted by atomic mass is 10.3. The quantitative estimate of drug-likeness (QED) is 0.682. The Balaban J connectivity index is 2.27. The minimum Gasteiger partial charge on any atom is -0.479 e. The molecule has 0 aliphatic heterocycles. The van der Waals surface area contributed by atoms with Crippen molar-refractivity contribution < 1.29 is 9.66 Å². The van der Waals surface area contributed by atoms with E-state index in [0.717, 1.165) is 6.07 Å². The zero-order valence-electron chi connectivity index (χ0n) is 10.8. The molecule has 0 fully saturated rings. The molecule has 1 aromatic carbocycles. The van der Waals surface area contributed by atoms with Crippen LogP contribution in [0, 0.1) is 17.0 Å². The van der Waals surface area contributed by atoms with Crippen molar-refractivity contribution in [3.05, 3.63) is 49.9 Å². The maximum absolute atomic E-state index is 11.0. The van der Waals surface area contributed by atoms with Crippen LogP contribution in [0.4, 0.5) is 11.5 Å². The third kappa shape index (κ3) is 3.71. The van der Waals surface area contributed by atoms with Gasteiger partial charge in [0.2, 0.25) is 0 Å². The summed E-state index contributed by atoms with van der Waals surface area (Å²) in [4.78, 5) is 18.5. The lowest BCUT2D eigenvalue weighted by Crippen LogP contribution is -2.06. The summed E-state index contributed by atoms with van der Waals surface area (Å²) >= 11 is 11.6. The van der Waals surface area contributed by atoms with E-state index in [-0.39, 0.29) is 28.1 Å². The highest BCUT2D eigenvalue weighted by molar-refractivity contribution is 6.42. The molecule has 1 heterocycles. The normalized spacial score (nSPS) is 10.4. The van der Waals surface area contributed by atoms with Crippen molar-refractivity contribution in [2.24, 2.45) is 0 Å². The lowest BCUT2D eigenvalue weighted by molar-refractivity contribution is -0.385. The molecule has 2 rings (SSSR count). The smallest absolute Gasteiger partial charge is 0.312 e. The van der Waals surface area contributed by atoms with Crippen LogP contribution < -0.4 is 10.5 Å². The molecule has 7 nitrogen and oxygen atoms in total. The van der Waals surface area contributed by atoms with Gasteiger partial charge < -0.3 is 10.5 Å². The number of halogens is 2. The van der Waals surface area contributed by atoms with Crippen LogP contribution in [0.3, 0.4) is 0 Å². The highest BCUT2D eigenvalue weighted by Gasteiger charge is 2.19. The summed E-state index contributed by atoms with van der Waals surface area (Å²) in [7, 11) is 0. The molecule has 0 radical (unpaired) electrons. The van der Waals surface area contributed by atoms with E-state index in [1.807, 2.05) is 0 Å². The van der Waals surface area contributed by atoms with Gasteiger partial charge in [-0.15, -0.1) is 0 Å². The summed E-state index contributed by atoms with van der Waals surface area (Å²) in [6.45, 7) is 1.67. The number of hydrogen-bond acceptors (Lipinski definition) is 6. The molecular formula is C12H10Cl2N4O3. The van der Waals surface area contributed by atoms with E-state index in [9.17, 15) is 10.1 Å². The van der Waals surface area contributed by atoms with Crippen LogP contribution in [-0.2, 0) is 6.61 Å². The van der Waals surface area contributed by atoms with Crippen molar-refractivity contribution in [2.45, 2.75) is 13.5 Å². The monoisotopic (exact) mass is 328 g/mol. The molecule has 2 aromatic rings. The SMILES string of the molecule is Cc1cc(N)nc(COc2cc(Cl)c(Cl)cc2[N+](=O)[O-])n1. The third-order valence-electron chi connectivity index (χ3n) is 2.48. The molecule has 0 saturated heterocycles. The molecule has 110 valence electrons. The Morgan fingerprint density at radius 2 is 1.95 bits per heavy atom. The first kappa shape index (κ1) is 15.3. The average molecular weight is 329 g/mol. The molecule has 9 heteroatoms. The van der Waals surface area contributed by atoms with E-state index in [4.69, 9.17) is 33.7 Å². The summed E-state index contributed by atoms with van der Waals surface area (Å²) in [5.74, 6) is 0.593. The fourth-order valence-electron chi connectivity index (χ4n) is 1.64. The van der Waals surface area contributed by atoms with Gasteiger partial charge in [0.05, 0.1) is 15.0 Å². The number of aromatic nitrogens is 2. The van der Waals surface area contributed by atoms with Gasteiger partial charge in [0.25, 0.3) is 0 Å². The van der Waals surface area contributed by atoms with E-state index < -0.39 is 4.92 Å². The highest BCUT2D eigenvalue weighted by Crippen LogP contribution is 2.35. The van der Waals surface area contributed by atoms with Crippen LogP contribution in [0.2, 0.25) is 10.0 Å². The Hall–Kier alpha value is -2.12. The molecular weight excluding hydrogens is 319 g/mol. The first-order valence-electron chi connectivity index (χ1n) is 5.73. The topological polar surface area (TPSA) is 104 Å². The first-order valence-corrected chi connectivity index (χ1v) is 6.48. The van der Waals surface area contributed by atoms with Gasteiger partial charge in [-0.05, 0) is 6.92 Å². The van der Waals surface area contributed by atoms with Crippen molar-refractivity contribution in [3.8, 4) is 5.75 Å². The number of ether oxygens (including phenoxy) is 1. The Morgan fingerprint density at radius 3 is 2.57 bits per heavy atom. The molecule has 0 saturated carbocycles. The molecule has 0 spiro atoms. The van der Waals surface area contributed by atoms with Crippen LogP contribution in [0.1, 0.15) is 11.5 Å². The first-order chi connectivity index (χ1) is 9.86. The van der Waals surface area contributed by atoms with Crippen molar-refractivity contribution >= 4 is 34.7 Å². The Morgan fingerprint density at radius 1 is 1.29 bits per heavy atom. The van der Waals surface area contributed by atoms with E-state index in [1.165, 1.54) is 6.07 Å². The van der Waals surface area contributed by atoms with E-state index in [0.29, 0.717) is 17.3 Å². The van der Waals surface area contributed by atoms with Crippen LogP contribution in [0.15, 0.2) is 18.2 Å². The summed E-state index contributed by atoms with van der Waals surface area (Å²) in [6.07, 6.45) is 0. The molecule has 0 amide bonds. The number of nitrogens with two attached hydrogens (primary N) is 1. The second kappa shape index (κ2) is 6.11. The highest BCUT2D eigenvalue weighted by atomic mass is 35.5. The number of nitro benzene ring substituents is 1.